The van der Waals surface area contributed by atoms with Crippen molar-refractivity contribution >= 4 is 17.3 Å². The molecule has 2 N–H and O–H groups in total. The van der Waals surface area contributed by atoms with Gasteiger partial charge in [-0.25, -0.2) is 0 Å². The number of nitro benzene ring substituents is 1. The topological polar surface area (TPSA) is 162 Å². The standard InChI is InChI=1S/C53H77N3O10/c1-4-7-8-9-10-11-12-13-14-26-49(59)55(30-5-2)48-38-46(54-66-50-27-17-20-34-62-50)44-35-39(22-15-18-31-57)43(25-16-19-32-58)51-45-37-42(64-41-24-21-23-40(36-41)56(60)61)28-29-47(45)65-53(48,52(44)51)63-33-6-3/h6,21,23-24,28-29,35-37,39,43,48,50-52,57-58H,3-5,7-20,22,25-27,30-34,38H2,1-2H3/t39-,43+,48-,50?,51+,52+,53+/m0/s1. The number of oxime groups is 1. The van der Waals surface area contributed by atoms with Gasteiger partial charge < -0.3 is 38.9 Å². The van der Waals surface area contributed by atoms with E-state index in [1.54, 1.807) is 18.2 Å². The molecular formula is C53H77N3O10. The Bertz CT molecular complexity index is 1910. The largest absolute Gasteiger partial charge is 0.459 e. The first kappa shape index (κ1) is 51.1. The van der Waals surface area contributed by atoms with E-state index in [1.807, 2.05) is 23.1 Å². The Morgan fingerprint density at radius 2 is 1.68 bits per heavy atom. The van der Waals surface area contributed by atoms with Crippen LogP contribution in [-0.4, -0.2) is 82.7 Å². The maximum absolute atomic E-state index is 14.8. The zero-order valence-corrected chi connectivity index (χ0v) is 39.8. The Balaban J connectivity index is 1.47. The van der Waals surface area contributed by atoms with Crippen molar-refractivity contribution < 1.29 is 43.7 Å². The number of hydrogen-bond donors (Lipinski definition) is 2. The number of amides is 1. The highest BCUT2D eigenvalue weighted by molar-refractivity contribution is 6.03. The number of non-ortho nitro benzene ring substituents is 1. The smallest absolute Gasteiger partial charge is 0.273 e. The van der Waals surface area contributed by atoms with E-state index in [1.165, 1.54) is 50.7 Å². The van der Waals surface area contributed by atoms with Crippen LogP contribution in [0.3, 0.4) is 0 Å². The molecule has 66 heavy (non-hydrogen) atoms. The highest BCUT2D eigenvalue weighted by Gasteiger charge is 2.65. The number of benzene rings is 2. The number of carbonyl (C=O) groups excluding carboxylic acids is 1. The fraction of sp³-hybridized carbons (Fsp3) is 0.660. The lowest BCUT2D eigenvalue weighted by atomic mass is 9.55. The Labute approximate surface area is 393 Å². The molecule has 1 unspecified atom stereocenters. The number of nitrogens with zero attached hydrogens (tertiary/aromatic N) is 3. The maximum Gasteiger partial charge on any atom is 0.273 e. The van der Waals surface area contributed by atoms with Crippen LogP contribution in [0.1, 0.15) is 160 Å². The average molecular weight is 916 g/mol. The van der Waals surface area contributed by atoms with Gasteiger partial charge in [0.1, 0.15) is 23.3 Å². The number of rotatable bonds is 29. The van der Waals surface area contributed by atoms with E-state index in [4.69, 9.17) is 28.9 Å². The second-order valence-electron chi connectivity index (χ2n) is 18.7. The van der Waals surface area contributed by atoms with Crippen LogP contribution in [0.5, 0.6) is 17.2 Å². The minimum absolute atomic E-state index is 0.0336. The molecule has 1 amide bonds. The summed E-state index contributed by atoms with van der Waals surface area (Å²) in [5.74, 6) is -0.427. The average Bonchev–Trinajstić information content (AvgIpc) is 3.33. The number of fused-ring (bicyclic) bond motifs is 2. The summed E-state index contributed by atoms with van der Waals surface area (Å²) in [4.78, 5) is 34.4. The molecule has 1 saturated heterocycles. The Kier molecular flexibility index (Phi) is 20.4. The van der Waals surface area contributed by atoms with Crippen LogP contribution in [0.4, 0.5) is 5.69 Å². The second kappa shape index (κ2) is 26.3. The van der Waals surface area contributed by atoms with Crippen molar-refractivity contribution in [3.8, 4) is 17.2 Å². The van der Waals surface area contributed by atoms with E-state index in [2.05, 4.69) is 26.5 Å². The van der Waals surface area contributed by atoms with Crippen LogP contribution in [0, 0.1) is 27.9 Å². The van der Waals surface area contributed by atoms with Crippen LogP contribution >= 0.6 is 0 Å². The third-order valence-electron chi connectivity index (χ3n) is 14.0. The van der Waals surface area contributed by atoms with Crippen molar-refractivity contribution in [2.75, 3.05) is 33.0 Å². The lowest BCUT2D eigenvalue weighted by Crippen LogP contribution is -2.70. The maximum atomic E-state index is 14.8. The molecule has 0 spiro atoms. The van der Waals surface area contributed by atoms with Gasteiger partial charge in [0.2, 0.25) is 18.0 Å². The van der Waals surface area contributed by atoms with Gasteiger partial charge in [-0.2, -0.15) is 0 Å². The Morgan fingerprint density at radius 3 is 2.38 bits per heavy atom. The van der Waals surface area contributed by atoms with Gasteiger partial charge in [0.05, 0.1) is 35.8 Å². The molecular weight excluding hydrogens is 839 g/mol. The number of nitro groups is 1. The van der Waals surface area contributed by atoms with Crippen molar-refractivity contribution in [3.05, 3.63) is 82.4 Å². The predicted octanol–water partition coefficient (Wildman–Crippen LogP) is 11.7. The van der Waals surface area contributed by atoms with Crippen molar-refractivity contribution in [1.82, 2.24) is 4.90 Å². The predicted molar refractivity (Wildman–Crippen MR) is 257 cm³/mol. The zero-order chi connectivity index (χ0) is 46.7. The van der Waals surface area contributed by atoms with Gasteiger partial charge >= 0.3 is 0 Å². The Morgan fingerprint density at radius 1 is 0.939 bits per heavy atom. The first-order valence-electron chi connectivity index (χ1n) is 25.4. The molecule has 364 valence electrons. The molecule has 2 heterocycles. The summed E-state index contributed by atoms with van der Waals surface area (Å²) < 4.78 is 27.0. The molecule has 6 rings (SSSR count). The first-order chi connectivity index (χ1) is 32.3. The van der Waals surface area contributed by atoms with Crippen molar-refractivity contribution in [1.29, 1.82) is 0 Å². The molecule has 7 atom stereocenters. The monoisotopic (exact) mass is 916 g/mol. The molecule has 2 aromatic carbocycles. The van der Waals surface area contributed by atoms with Crippen molar-refractivity contribution in [3.63, 3.8) is 0 Å². The number of hydrogen-bond acceptors (Lipinski definition) is 11. The third kappa shape index (κ3) is 13.0. The molecule has 2 fully saturated rings. The van der Waals surface area contributed by atoms with E-state index in [9.17, 15) is 25.1 Å². The summed E-state index contributed by atoms with van der Waals surface area (Å²) in [6, 6.07) is 11.3. The molecule has 2 aliphatic heterocycles. The van der Waals surface area contributed by atoms with E-state index >= 15 is 0 Å². The van der Waals surface area contributed by atoms with Gasteiger partial charge in [-0.05, 0) is 93.0 Å². The number of unbranched alkanes of at least 4 members (excludes halogenated alkanes) is 10. The number of ether oxygens (including phenoxy) is 4. The molecule has 0 aromatic heterocycles. The van der Waals surface area contributed by atoms with Crippen LogP contribution < -0.4 is 9.47 Å². The molecule has 0 radical (unpaired) electrons. The van der Waals surface area contributed by atoms with Gasteiger partial charge in [0.25, 0.3) is 5.69 Å². The first-order valence-corrected chi connectivity index (χ1v) is 25.4. The van der Waals surface area contributed by atoms with Crippen LogP contribution in [-0.2, 0) is 19.1 Å². The number of aliphatic hydroxyl groups is 2. The molecule has 1 saturated carbocycles. The summed E-state index contributed by atoms with van der Waals surface area (Å²) in [7, 11) is 0. The van der Waals surface area contributed by atoms with Gasteiger partial charge in [0, 0.05) is 56.6 Å². The van der Waals surface area contributed by atoms with Crippen molar-refractivity contribution in [2.24, 2.45) is 22.9 Å². The highest BCUT2D eigenvalue weighted by atomic mass is 16.8. The highest BCUT2D eigenvalue weighted by Crippen LogP contribution is 2.62. The lowest BCUT2D eigenvalue weighted by Gasteiger charge is -2.60. The quantitative estimate of drug-likeness (QED) is 0.0348. The SMILES string of the molecule is C=CCO[C@@]12Oc3ccc(Oc4cccc([N+](=O)[O-])c4)cc3[C@H]3[C@H](CCCCO)[C@@H](CCCCO)C=C(C(=NOC4CCCCO4)C[C@@H]1N(CCC)C(=O)CCCCCCCCCCC)[C@H]32. The number of aliphatic hydroxyl groups excluding tert-OH is 2. The van der Waals surface area contributed by atoms with Crippen LogP contribution in [0.15, 0.2) is 71.9 Å². The summed E-state index contributed by atoms with van der Waals surface area (Å²) in [6.45, 7) is 9.88. The number of carbonyl (C=O) groups is 1. The summed E-state index contributed by atoms with van der Waals surface area (Å²) in [5.41, 5.74) is 2.55. The molecule has 0 bridgehead atoms. The summed E-state index contributed by atoms with van der Waals surface area (Å²) in [6.07, 6.45) is 22.7. The molecule has 13 nitrogen and oxygen atoms in total. The summed E-state index contributed by atoms with van der Waals surface area (Å²) >= 11 is 0. The van der Waals surface area contributed by atoms with E-state index in [-0.39, 0.29) is 49.2 Å². The van der Waals surface area contributed by atoms with E-state index in [0.29, 0.717) is 56.1 Å². The zero-order valence-electron chi connectivity index (χ0n) is 39.8. The van der Waals surface area contributed by atoms with Gasteiger partial charge in [-0.3, -0.25) is 14.9 Å². The van der Waals surface area contributed by atoms with Gasteiger partial charge in [0.15, 0.2) is 0 Å². The van der Waals surface area contributed by atoms with Crippen LogP contribution in [0.25, 0.3) is 0 Å². The molecule has 2 aliphatic carbocycles. The van der Waals surface area contributed by atoms with Gasteiger partial charge in [-0.15, -0.1) is 6.58 Å². The fourth-order valence-corrected chi connectivity index (χ4v) is 10.9. The van der Waals surface area contributed by atoms with E-state index in [0.717, 1.165) is 87.5 Å². The fourth-order valence-electron chi connectivity index (χ4n) is 10.9. The normalized spacial score (nSPS) is 25.0. The van der Waals surface area contributed by atoms with Crippen LogP contribution in [0.2, 0.25) is 0 Å². The summed E-state index contributed by atoms with van der Waals surface area (Å²) in [5, 5.41) is 36.7. The molecule has 2 aromatic rings. The van der Waals surface area contributed by atoms with E-state index < -0.39 is 29.0 Å². The minimum atomic E-state index is -1.35. The minimum Gasteiger partial charge on any atom is -0.459 e. The molecule has 4 aliphatic rings. The van der Waals surface area contributed by atoms with Crippen molar-refractivity contribution in [2.45, 2.75) is 173 Å². The Hall–Kier alpha value is -4.30. The third-order valence-corrected chi connectivity index (χ3v) is 14.0. The lowest BCUT2D eigenvalue weighted by molar-refractivity contribution is -0.384. The van der Waals surface area contributed by atoms with Gasteiger partial charge in [-0.1, -0.05) is 101 Å². The molecule has 13 heteroatoms. The second-order valence-corrected chi connectivity index (χ2v) is 18.7. The number of allylic oxidation sites excluding steroid dienone is 1.